The molecule has 0 saturated carbocycles. The number of benzene rings is 3. The molecule has 5 rings (SSSR count). The zero-order valence-corrected chi connectivity index (χ0v) is 25.8. The van der Waals surface area contributed by atoms with Gasteiger partial charge in [0.15, 0.2) is 6.23 Å². The number of methoxy groups -OCH3 is 2. The number of hydrogen-bond acceptors (Lipinski definition) is 9. The third-order valence-corrected chi connectivity index (χ3v) is 8.09. The van der Waals surface area contributed by atoms with Crippen LogP contribution in [0.3, 0.4) is 0 Å². The average molecular weight is 628 g/mol. The lowest BCUT2D eigenvalue weighted by molar-refractivity contribution is -0.114. The number of anilines is 1. The van der Waals surface area contributed by atoms with E-state index in [1.54, 1.807) is 14.2 Å². The van der Waals surface area contributed by atoms with Crippen molar-refractivity contribution in [2.75, 3.05) is 26.1 Å². The van der Waals surface area contributed by atoms with Crippen LogP contribution in [-0.2, 0) is 19.9 Å². The highest BCUT2D eigenvalue weighted by Crippen LogP contribution is 2.45. The largest absolute Gasteiger partial charge is 0.497 e. The molecule has 4 atom stereocenters. The number of amides is 1. The molecule has 0 unspecified atom stereocenters. The van der Waals surface area contributed by atoms with Crippen LogP contribution in [0.15, 0.2) is 109 Å². The van der Waals surface area contributed by atoms with E-state index in [-0.39, 0.29) is 18.8 Å². The number of rotatable bonds is 12. The first-order chi connectivity index (χ1) is 22.2. The summed E-state index contributed by atoms with van der Waals surface area (Å²) in [6, 6.07) is 26.0. The van der Waals surface area contributed by atoms with Gasteiger partial charge >= 0.3 is 5.69 Å². The van der Waals surface area contributed by atoms with Crippen molar-refractivity contribution < 1.29 is 34.0 Å². The lowest BCUT2D eigenvalue weighted by Crippen LogP contribution is -2.49. The van der Waals surface area contributed by atoms with Gasteiger partial charge in [-0.2, -0.15) is 4.98 Å². The number of aliphatic hydroxyl groups is 2. The van der Waals surface area contributed by atoms with Crippen LogP contribution < -0.4 is 20.5 Å². The van der Waals surface area contributed by atoms with E-state index in [1.807, 2.05) is 78.9 Å². The zero-order valence-electron chi connectivity index (χ0n) is 25.8. The van der Waals surface area contributed by atoms with Gasteiger partial charge in [0.25, 0.3) is 0 Å². The SMILES string of the molecule is C=CC[C@@]1(O)[C@H](O)[C@@H](COC(c2ccccc2)(c2ccc(OC)cc2)c2ccc(OC)cc2)O[C@H]1n1ccc(NC(C)=O)nc1=O. The molecule has 0 radical (unpaired) electrons. The second kappa shape index (κ2) is 13.7. The van der Waals surface area contributed by atoms with E-state index in [1.165, 1.54) is 25.3 Å². The van der Waals surface area contributed by atoms with Crippen molar-refractivity contribution in [1.29, 1.82) is 0 Å². The Morgan fingerprint density at radius 3 is 2.07 bits per heavy atom. The summed E-state index contributed by atoms with van der Waals surface area (Å²) in [6.07, 6.45) is -1.23. The third-order valence-electron chi connectivity index (χ3n) is 8.09. The van der Waals surface area contributed by atoms with E-state index in [4.69, 9.17) is 18.9 Å². The Hall–Kier alpha value is -4.81. The van der Waals surface area contributed by atoms with E-state index in [2.05, 4.69) is 16.9 Å². The van der Waals surface area contributed by atoms with Crippen molar-refractivity contribution in [3.8, 4) is 11.5 Å². The van der Waals surface area contributed by atoms with Crippen molar-refractivity contribution in [2.45, 2.75) is 43.0 Å². The molecular weight excluding hydrogens is 590 g/mol. The van der Waals surface area contributed by atoms with Gasteiger partial charge in [0, 0.05) is 19.5 Å². The fourth-order valence-corrected chi connectivity index (χ4v) is 5.84. The summed E-state index contributed by atoms with van der Waals surface area (Å²) in [4.78, 5) is 28.4. The first-order valence-electron chi connectivity index (χ1n) is 14.7. The molecule has 4 aromatic rings. The highest BCUT2D eigenvalue weighted by Gasteiger charge is 2.56. The fourth-order valence-electron chi connectivity index (χ4n) is 5.84. The van der Waals surface area contributed by atoms with Gasteiger partial charge in [-0.3, -0.25) is 9.36 Å². The average Bonchev–Trinajstić information content (AvgIpc) is 3.31. The first kappa shape index (κ1) is 32.6. The number of carbonyl (C=O) groups is 1. The van der Waals surface area contributed by atoms with Crippen LogP contribution in [0.5, 0.6) is 11.5 Å². The molecule has 3 aromatic carbocycles. The molecule has 11 heteroatoms. The zero-order chi connectivity index (χ0) is 32.9. The Morgan fingerprint density at radius 1 is 1.00 bits per heavy atom. The Labute approximate surface area is 266 Å². The molecule has 1 aliphatic heterocycles. The Kier molecular flexibility index (Phi) is 9.68. The molecule has 0 aliphatic carbocycles. The van der Waals surface area contributed by atoms with Crippen molar-refractivity contribution in [2.24, 2.45) is 0 Å². The van der Waals surface area contributed by atoms with Gasteiger partial charge in [-0.1, -0.05) is 60.7 Å². The normalized spacial score (nSPS) is 21.0. The molecule has 2 heterocycles. The van der Waals surface area contributed by atoms with E-state index in [9.17, 15) is 19.8 Å². The molecular formula is C35H37N3O8. The molecule has 1 fully saturated rings. The van der Waals surface area contributed by atoms with E-state index >= 15 is 0 Å². The van der Waals surface area contributed by atoms with Crippen molar-refractivity contribution in [1.82, 2.24) is 9.55 Å². The van der Waals surface area contributed by atoms with Gasteiger partial charge in [0.2, 0.25) is 5.91 Å². The lowest BCUT2D eigenvalue weighted by Gasteiger charge is -2.37. The van der Waals surface area contributed by atoms with Gasteiger partial charge in [-0.05, 0) is 47.0 Å². The highest BCUT2D eigenvalue weighted by molar-refractivity contribution is 5.87. The number of hydrogen-bond donors (Lipinski definition) is 3. The molecule has 11 nitrogen and oxygen atoms in total. The summed E-state index contributed by atoms with van der Waals surface area (Å²) in [5.41, 5.74) is -1.62. The van der Waals surface area contributed by atoms with Crippen molar-refractivity contribution >= 4 is 11.7 Å². The summed E-state index contributed by atoms with van der Waals surface area (Å²) in [5.74, 6) is 0.978. The van der Waals surface area contributed by atoms with Crippen LogP contribution in [0.4, 0.5) is 5.82 Å². The number of aromatic nitrogens is 2. The maximum Gasteiger partial charge on any atom is 0.351 e. The summed E-state index contributed by atoms with van der Waals surface area (Å²) in [6.45, 7) is 4.83. The van der Waals surface area contributed by atoms with Gasteiger partial charge in [0.1, 0.15) is 40.7 Å². The minimum absolute atomic E-state index is 0.0473. The van der Waals surface area contributed by atoms with Crippen LogP contribution in [0.25, 0.3) is 0 Å². The summed E-state index contributed by atoms with van der Waals surface area (Å²) in [5, 5.41) is 25.8. The topological polar surface area (TPSA) is 141 Å². The number of nitrogens with one attached hydrogen (secondary N) is 1. The van der Waals surface area contributed by atoms with Crippen LogP contribution in [0.2, 0.25) is 0 Å². The van der Waals surface area contributed by atoms with Gasteiger partial charge < -0.3 is 34.5 Å². The van der Waals surface area contributed by atoms with Crippen LogP contribution in [0.1, 0.15) is 36.3 Å². The molecule has 240 valence electrons. The van der Waals surface area contributed by atoms with Crippen LogP contribution >= 0.6 is 0 Å². The molecule has 1 aromatic heterocycles. The van der Waals surface area contributed by atoms with Crippen LogP contribution in [-0.4, -0.2) is 64.3 Å². The lowest BCUT2D eigenvalue weighted by atomic mass is 9.80. The van der Waals surface area contributed by atoms with Gasteiger partial charge in [-0.25, -0.2) is 4.79 Å². The number of aliphatic hydroxyl groups excluding tert-OH is 1. The Morgan fingerprint density at radius 2 is 1.57 bits per heavy atom. The highest BCUT2D eigenvalue weighted by atomic mass is 16.6. The van der Waals surface area contributed by atoms with Gasteiger partial charge in [0.05, 0.1) is 20.8 Å². The molecule has 1 saturated heterocycles. The Bertz CT molecular complexity index is 1660. The molecule has 3 N–H and O–H groups in total. The Balaban J connectivity index is 1.57. The number of ether oxygens (including phenoxy) is 4. The molecule has 0 bridgehead atoms. The molecule has 0 spiro atoms. The predicted molar refractivity (Wildman–Crippen MR) is 171 cm³/mol. The maximum atomic E-state index is 13.0. The number of nitrogens with zero attached hydrogens (tertiary/aromatic N) is 2. The summed E-state index contributed by atoms with van der Waals surface area (Å²) >= 11 is 0. The monoisotopic (exact) mass is 627 g/mol. The number of carbonyl (C=O) groups excluding carboxylic acids is 1. The summed E-state index contributed by atoms with van der Waals surface area (Å²) in [7, 11) is 3.18. The van der Waals surface area contributed by atoms with E-state index in [0.29, 0.717) is 11.5 Å². The quantitative estimate of drug-likeness (QED) is 0.158. The van der Waals surface area contributed by atoms with Crippen molar-refractivity contribution in [3.05, 3.63) is 131 Å². The van der Waals surface area contributed by atoms with Crippen LogP contribution in [0, 0.1) is 0 Å². The molecule has 1 amide bonds. The smallest absolute Gasteiger partial charge is 0.351 e. The first-order valence-corrected chi connectivity index (χ1v) is 14.7. The standard InChI is InChI=1S/C35H37N3O8/c1-5-20-34(42)31(40)29(46-32(34)38-21-19-30(36-23(2)39)37-33(38)41)22-45-35(24-9-7-6-8-10-24,25-11-15-27(43-3)16-12-25)26-13-17-28(44-4)18-14-26/h5-19,21,29,31-32,40,42H,1,20,22H2,2-4H3,(H,36,37,39,41)/t29-,31-,32-,34-/m1/s1. The van der Waals surface area contributed by atoms with Crippen molar-refractivity contribution in [3.63, 3.8) is 0 Å². The third kappa shape index (κ3) is 6.18. The van der Waals surface area contributed by atoms with Gasteiger partial charge in [-0.15, -0.1) is 6.58 Å². The fraction of sp³-hybridized carbons (Fsp3) is 0.286. The molecule has 46 heavy (non-hydrogen) atoms. The van der Waals surface area contributed by atoms with E-state index < -0.39 is 41.2 Å². The minimum atomic E-state index is -1.95. The molecule has 1 aliphatic rings. The van der Waals surface area contributed by atoms with E-state index in [0.717, 1.165) is 21.3 Å². The predicted octanol–water partition coefficient (Wildman–Crippen LogP) is 3.79. The second-order valence-electron chi connectivity index (χ2n) is 11.0. The second-order valence-corrected chi connectivity index (χ2v) is 11.0. The maximum absolute atomic E-state index is 13.0. The minimum Gasteiger partial charge on any atom is -0.497 e. The summed E-state index contributed by atoms with van der Waals surface area (Å²) < 4.78 is 25.0.